The summed E-state index contributed by atoms with van der Waals surface area (Å²) in [4.78, 5) is 12.5. The van der Waals surface area contributed by atoms with Crippen molar-refractivity contribution in [3.8, 4) is 0 Å². The molecule has 2 N–H and O–H groups in total. The Kier molecular flexibility index (Phi) is 6.45. The van der Waals surface area contributed by atoms with E-state index in [1.807, 2.05) is 32.5 Å². The van der Waals surface area contributed by atoms with Gasteiger partial charge in [-0.1, -0.05) is 12.1 Å². The smallest absolute Gasteiger partial charge is 0.261 e. The third-order valence-corrected chi connectivity index (χ3v) is 6.47. The Morgan fingerprint density at radius 1 is 1.13 bits per heavy atom. The molecule has 0 fully saturated rings. The molecule has 164 valence electrons. The number of nitrogens with zero attached hydrogens (tertiary/aromatic N) is 2. The third-order valence-electron chi connectivity index (χ3n) is 5.09. The van der Waals surface area contributed by atoms with Gasteiger partial charge >= 0.3 is 0 Å². The summed E-state index contributed by atoms with van der Waals surface area (Å²) >= 11 is 0. The maximum absolute atomic E-state index is 13.7. The summed E-state index contributed by atoms with van der Waals surface area (Å²) in [6.07, 6.45) is 0.635. The van der Waals surface area contributed by atoms with Crippen LogP contribution in [0, 0.1) is 19.7 Å². The van der Waals surface area contributed by atoms with Crippen LogP contribution in [0.5, 0.6) is 0 Å². The van der Waals surface area contributed by atoms with Gasteiger partial charge in [-0.2, -0.15) is 5.10 Å². The van der Waals surface area contributed by atoms with Crippen molar-refractivity contribution in [1.82, 2.24) is 15.1 Å². The van der Waals surface area contributed by atoms with E-state index in [-0.39, 0.29) is 22.5 Å². The summed E-state index contributed by atoms with van der Waals surface area (Å²) in [5.41, 5.74) is 3.26. The monoisotopic (exact) mass is 444 g/mol. The molecule has 0 saturated heterocycles. The van der Waals surface area contributed by atoms with Crippen LogP contribution >= 0.6 is 0 Å². The molecular formula is C22H25FN4O3S. The van der Waals surface area contributed by atoms with Crippen molar-refractivity contribution in [2.75, 3.05) is 4.72 Å². The summed E-state index contributed by atoms with van der Waals surface area (Å²) in [6, 6.07) is 10.9. The molecule has 0 aliphatic carbocycles. The van der Waals surface area contributed by atoms with Crippen molar-refractivity contribution in [3.05, 3.63) is 76.9 Å². The number of aryl methyl sites for hydroxylation is 2. The standard InChI is InChI=1S/C22H25FN4O3S/c1-14(13-19-15(2)25-27(4)16(19)3)24-22(28)17-9-11-18(12-10-17)31(29,30)26-21-8-6-5-7-20(21)23/h5-12,14,26H,13H2,1-4H3,(H,24,28)/t14-/m0/s1. The number of amides is 1. The van der Waals surface area contributed by atoms with Crippen molar-refractivity contribution in [3.63, 3.8) is 0 Å². The van der Waals surface area contributed by atoms with Crippen LogP contribution in [0.25, 0.3) is 0 Å². The highest BCUT2D eigenvalue weighted by molar-refractivity contribution is 7.92. The fraction of sp³-hybridized carbons (Fsp3) is 0.273. The topological polar surface area (TPSA) is 93.1 Å². The highest BCUT2D eigenvalue weighted by Crippen LogP contribution is 2.19. The van der Waals surface area contributed by atoms with Crippen molar-refractivity contribution >= 4 is 21.6 Å². The molecule has 7 nitrogen and oxygen atoms in total. The van der Waals surface area contributed by atoms with Crippen molar-refractivity contribution in [2.45, 2.75) is 38.1 Å². The minimum atomic E-state index is -3.98. The molecule has 2 aromatic carbocycles. The van der Waals surface area contributed by atoms with E-state index >= 15 is 0 Å². The quantitative estimate of drug-likeness (QED) is 0.585. The van der Waals surface area contributed by atoms with E-state index in [1.54, 1.807) is 0 Å². The molecule has 0 spiro atoms. The number of benzene rings is 2. The summed E-state index contributed by atoms with van der Waals surface area (Å²) in [5.74, 6) is -0.979. The lowest BCUT2D eigenvalue weighted by Crippen LogP contribution is -2.34. The van der Waals surface area contributed by atoms with Gasteiger partial charge in [-0.3, -0.25) is 14.2 Å². The van der Waals surface area contributed by atoms with E-state index in [0.29, 0.717) is 12.0 Å². The van der Waals surface area contributed by atoms with E-state index in [9.17, 15) is 17.6 Å². The minimum absolute atomic E-state index is 0.0676. The number of anilines is 1. The molecule has 0 saturated carbocycles. The Labute approximate surface area is 181 Å². The first-order valence-electron chi connectivity index (χ1n) is 9.76. The number of carbonyl (C=O) groups excluding carboxylic acids is 1. The first-order valence-corrected chi connectivity index (χ1v) is 11.2. The van der Waals surface area contributed by atoms with Crippen LogP contribution in [0.1, 0.15) is 34.2 Å². The number of para-hydroxylation sites is 1. The lowest BCUT2D eigenvalue weighted by atomic mass is 10.0. The predicted octanol–water partition coefficient (Wildman–Crippen LogP) is 3.34. The maximum atomic E-state index is 13.7. The van der Waals surface area contributed by atoms with Gasteiger partial charge in [0.15, 0.2) is 0 Å². The van der Waals surface area contributed by atoms with Crippen LogP contribution in [-0.2, 0) is 23.5 Å². The zero-order chi connectivity index (χ0) is 22.8. The Bertz CT molecular complexity index is 1200. The van der Waals surface area contributed by atoms with Crippen LogP contribution in [-0.4, -0.2) is 30.1 Å². The first-order chi connectivity index (χ1) is 14.6. The van der Waals surface area contributed by atoms with E-state index < -0.39 is 15.8 Å². The maximum Gasteiger partial charge on any atom is 0.261 e. The van der Waals surface area contributed by atoms with Crippen LogP contribution < -0.4 is 10.0 Å². The lowest BCUT2D eigenvalue weighted by Gasteiger charge is -2.15. The third kappa shape index (κ3) is 5.11. The van der Waals surface area contributed by atoms with E-state index in [1.165, 1.54) is 48.5 Å². The molecule has 1 aromatic heterocycles. The molecule has 9 heteroatoms. The number of hydrogen-bond donors (Lipinski definition) is 2. The average Bonchev–Trinajstić information content (AvgIpc) is 2.95. The summed E-state index contributed by atoms with van der Waals surface area (Å²) in [7, 11) is -2.10. The molecule has 3 rings (SSSR count). The number of carbonyl (C=O) groups is 1. The van der Waals surface area contributed by atoms with E-state index in [0.717, 1.165) is 17.0 Å². The van der Waals surface area contributed by atoms with Crippen molar-refractivity contribution in [2.24, 2.45) is 7.05 Å². The van der Waals surface area contributed by atoms with E-state index in [4.69, 9.17) is 0 Å². The van der Waals surface area contributed by atoms with Gasteiger partial charge in [-0.05, 0) is 69.2 Å². The van der Waals surface area contributed by atoms with Crippen LogP contribution in [0.3, 0.4) is 0 Å². The fourth-order valence-corrected chi connectivity index (χ4v) is 4.38. The Morgan fingerprint density at radius 2 is 1.77 bits per heavy atom. The minimum Gasteiger partial charge on any atom is -0.349 e. The first kappa shape index (κ1) is 22.5. The Morgan fingerprint density at radius 3 is 2.35 bits per heavy atom. The van der Waals surface area contributed by atoms with Gasteiger partial charge in [0.25, 0.3) is 15.9 Å². The second-order valence-corrected chi connectivity index (χ2v) is 9.14. The number of nitrogens with one attached hydrogen (secondary N) is 2. The second kappa shape index (κ2) is 8.89. The fourth-order valence-electron chi connectivity index (χ4n) is 3.31. The Hall–Kier alpha value is -3.20. The average molecular weight is 445 g/mol. The molecular weight excluding hydrogens is 419 g/mol. The predicted molar refractivity (Wildman–Crippen MR) is 117 cm³/mol. The normalized spacial score (nSPS) is 12.4. The number of rotatable bonds is 7. The van der Waals surface area contributed by atoms with Gasteiger partial charge in [0.2, 0.25) is 0 Å². The highest BCUT2D eigenvalue weighted by atomic mass is 32.2. The van der Waals surface area contributed by atoms with E-state index in [2.05, 4.69) is 15.1 Å². The zero-order valence-electron chi connectivity index (χ0n) is 17.8. The summed E-state index contributed by atoms with van der Waals surface area (Å²) < 4.78 is 42.8. The van der Waals surface area contributed by atoms with Crippen molar-refractivity contribution < 1.29 is 17.6 Å². The summed E-state index contributed by atoms with van der Waals surface area (Å²) in [6.45, 7) is 5.82. The van der Waals surface area contributed by atoms with Crippen LogP contribution in [0.15, 0.2) is 53.4 Å². The number of sulfonamides is 1. The molecule has 0 radical (unpaired) electrons. The Balaban J connectivity index is 1.67. The zero-order valence-corrected chi connectivity index (χ0v) is 18.6. The van der Waals surface area contributed by atoms with Gasteiger partial charge in [0.1, 0.15) is 5.82 Å². The number of hydrogen-bond acceptors (Lipinski definition) is 4. The summed E-state index contributed by atoms with van der Waals surface area (Å²) in [5, 5.41) is 7.31. The van der Waals surface area contributed by atoms with Gasteiger partial charge in [0.05, 0.1) is 16.3 Å². The molecule has 1 heterocycles. The second-order valence-electron chi connectivity index (χ2n) is 7.46. The molecule has 0 unspecified atom stereocenters. The van der Waals surface area contributed by atoms with Gasteiger partial charge in [0, 0.05) is 24.3 Å². The molecule has 1 amide bonds. The van der Waals surface area contributed by atoms with Gasteiger partial charge in [-0.25, -0.2) is 12.8 Å². The largest absolute Gasteiger partial charge is 0.349 e. The number of aromatic nitrogens is 2. The highest BCUT2D eigenvalue weighted by Gasteiger charge is 2.18. The lowest BCUT2D eigenvalue weighted by molar-refractivity contribution is 0.0940. The number of halogens is 1. The van der Waals surface area contributed by atoms with Gasteiger partial charge < -0.3 is 5.32 Å². The molecule has 0 aliphatic rings. The van der Waals surface area contributed by atoms with Crippen molar-refractivity contribution in [1.29, 1.82) is 0 Å². The molecule has 0 bridgehead atoms. The molecule has 1 atom stereocenters. The van der Waals surface area contributed by atoms with Gasteiger partial charge in [-0.15, -0.1) is 0 Å². The molecule has 3 aromatic rings. The molecule has 31 heavy (non-hydrogen) atoms. The molecule has 0 aliphatic heterocycles. The van der Waals surface area contributed by atoms with Crippen LogP contribution in [0.2, 0.25) is 0 Å². The van der Waals surface area contributed by atoms with Crippen LogP contribution in [0.4, 0.5) is 10.1 Å². The SMILES string of the molecule is Cc1nn(C)c(C)c1C[C@H](C)NC(=O)c1ccc(S(=O)(=O)Nc2ccccc2F)cc1.